The number of amides is 1. The lowest BCUT2D eigenvalue weighted by Gasteiger charge is -2.26. The maximum Gasteiger partial charge on any atom is 0.295 e. The Labute approximate surface area is 210 Å². The van der Waals surface area contributed by atoms with Crippen molar-refractivity contribution in [3.8, 4) is 11.5 Å². The van der Waals surface area contributed by atoms with Crippen LogP contribution < -0.4 is 14.4 Å². The number of rotatable bonds is 6. The number of aliphatic hydroxyl groups is 1. The summed E-state index contributed by atoms with van der Waals surface area (Å²) in [6.45, 7) is 0.799. The minimum absolute atomic E-state index is 0.0879. The molecule has 1 atom stereocenters. The fraction of sp³-hybridized carbons (Fsp3) is 0.241. The maximum atomic E-state index is 13.4. The van der Waals surface area contributed by atoms with E-state index in [1.807, 2.05) is 73.6 Å². The Bertz CT molecular complexity index is 1340. The van der Waals surface area contributed by atoms with Crippen molar-refractivity contribution in [2.45, 2.75) is 19.0 Å². The summed E-state index contributed by atoms with van der Waals surface area (Å²) in [5.74, 6) is -0.0282. The van der Waals surface area contributed by atoms with E-state index >= 15 is 0 Å². The molecule has 0 radical (unpaired) electrons. The van der Waals surface area contributed by atoms with Crippen molar-refractivity contribution in [1.29, 1.82) is 0 Å². The summed E-state index contributed by atoms with van der Waals surface area (Å²) in [6, 6.07) is 19.7. The molecule has 3 aromatic rings. The van der Waals surface area contributed by atoms with E-state index in [1.54, 1.807) is 19.2 Å². The van der Waals surface area contributed by atoms with Crippen LogP contribution in [0.4, 0.5) is 5.69 Å². The van der Waals surface area contributed by atoms with E-state index in [-0.39, 0.29) is 17.9 Å². The van der Waals surface area contributed by atoms with Gasteiger partial charge in [-0.2, -0.15) is 0 Å². The van der Waals surface area contributed by atoms with Gasteiger partial charge in [0.05, 0.1) is 25.3 Å². The summed E-state index contributed by atoms with van der Waals surface area (Å²) in [5.41, 5.74) is 4.14. The number of ether oxygens (including phenoxy) is 2. The van der Waals surface area contributed by atoms with Crippen LogP contribution in [-0.4, -0.2) is 49.5 Å². The molecule has 2 aliphatic rings. The Morgan fingerprint density at radius 3 is 2.44 bits per heavy atom. The van der Waals surface area contributed by atoms with Crippen molar-refractivity contribution >= 4 is 23.1 Å². The number of nitrogens with zero attached hydrogens (tertiary/aromatic N) is 2. The van der Waals surface area contributed by atoms with Gasteiger partial charge >= 0.3 is 0 Å². The number of benzene rings is 3. The monoisotopic (exact) mass is 484 g/mol. The minimum atomic E-state index is -0.729. The minimum Gasteiger partial charge on any atom is -0.507 e. The molecule has 0 bridgehead atoms. The number of likely N-dealkylation sites (tertiary alicyclic amines) is 1. The number of ketones is 1. The Hall–Kier alpha value is -4.26. The molecule has 2 heterocycles. The molecule has 184 valence electrons. The number of carbonyl (C=O) groups excluding carboxylic acids is 2. The normalized spacial score (nSPS) is 18.2. The third-order valence-electron chi connectivity index (χ3n) is 6.74. The molecular formula is C29H28N2O5. The first-order chi connectivity index (χ1) is 17.4. The van der Waals surface area contributed by atoms with Crippen LogP contribution in [0.1, 0.15) is 28.3 Å². The second-order valence-electron chi connectivity index (χ2n) is 9.18. The summed E-state index contributed by atoms with van der Waals surface area (Å²) >= 11 is 0. The molecule has 36 heavy (non-hydrogen) atoms. The molecule has 1 unspecified atom stereocenters. The third-order valence-corrected chi connectivity index (χ3v) is 6.74. The Morgan fingerprint density at radius 1 is 1.06 bits per heavy atom. The van der Waals surface area contributed by atoms with E-state index in [0.717, 1.165) is 34.5 Å². The van der Waals surface area contributed by atoms with Gasteiger partial charge < -0.3 is 24.4 Å². The summed E-state index contributed by atoms with van der Waals surface area (Å²) in [6.07, 6.45) is 0.734. The number of fused-ring (bicyclic) bond motifs is 1. The summed E-state index contributed by atoms with van der Waals surface area (Å²) < 4.78 is 10.8. The fourth-order valence-corrected chi connectivity index (χ4v) is 4.76. The number of aliphatic hydroxyl groups excluding tert-OH is 1. The van der Waals surface area contributed by atoms with E-state index in [1.165, 1.54) is 4.90 Å². The Balaban J connectivity index is 1.60. The van der Waals surface area contributed by atoms with Crippen LogP contribution >= 0.6 is 0 Å². The summed E-state index contributed by atoms with van der Waals surface area (Å²) in [7, 11) is 5.49. The molecule has 1 amide bonds. The smallest absolute Gasteiger partial charge is 0.295 e. The van der Waals surface area contributed by atoms with Crippen molar-refractivity contribution in [3.63, 3.8) is 0 Å². The Morgan fingerprint density at radius 2 is 1.78 bits per heavy atom. The molecule has 1 N–H and O–H groups in total. The highest BCUT2D eigenvalue weighted by Crippen LogP contribution is 2.41. The zero-order valence-corrected chi connectivity index (χ0v) is 20.5. The van der Waals surface area contributed by atoms with E-state index in [2.05, 4.69) is 0 Å². The quantitative estimate of drug-likeness (QED) is 0.319. The van der Waals surface area contributed by atoms with E-state index in [9.17, 15) is 14.7 Å². The van der Waals surface area contributed by atoms with Crippen molar-refractivity contribution in [1.82, 2.24) is 4.90 Å². The molecule has 3 aromatic carbocycles. The van der Waals surface area contributed by atoms with Gasteiger partial charge in [-0.05, 0) is 59.2 Å². The van der Waals surface area contributed by atoms with Crippen LogP contribution in [0.2, 0.25) is 0 Å². The molecule has 7 heteroatoms. The van der Waals surface area contributed by atoms with Crippen LogP contribution in [-0.2, 0) is 22.6 Å². The van der Waals surface area contributed by atoms with E-state index < -0.39 is 17.7 Å². The molecule has 0 saturated carbocycles. The van der Waals surface area contributed by atoms with Crippen LogP contribution in [0.15, 0.2) is 72.3 Å². The van der Waals surface area contributed by atoms with Crippen LogP contribution in [0.25, 0.3) is 5.76 Å². The molecule has 0 aliphatic carbocycles. The predicted octanol–water partition coefficient (Wildman–Crippen LogP) is 4.32. The van der Waals surface area contributed by atoms with Crippen molar-refractivity contribution < 1.29 is 24.2 Å². The van der Waals surface area contributed by atoms with Gasteiger partial charge in [0.1, 0.15) is 17.3 Å². The summed E-state index contributed by atoms with van der Waals surface area (Å²) in [5, 5.41) is 11.4. The van der Waals surface area contributed by atoms with Gasteiger partial charge in [0.15, 0.2) is 0 Å². The number of carbonyl (C=O) groups is 2. The SMILES string of the molecule is COc1ccc(CN2C(=O)C(=O)/C(=C(\O)c3ccc4c(c3)CCO4)C2c2ccc(N(C)C)cc2)cc1. The molecule has 1 fully saturated rings. The van der Waals surface area contributed by atoms with Crippen molar-refractivity contribution in [3.05, 3.63) is 94.6 Å². The van der Waals surface area contributed by atoms with Gasteiger partial charge in [-0.15, -0.1) is 0 Å². The second-order valence-corrected chi connectivity index (χ2v) is 9.18. The molecule has 7 nitrogen and oxygen atoms in total. The van der Waals surface area contributed by atoms with Gasteiger partial charge in [-0.1, -0.05) is 24.3 Å². The zero-order valence-electron chi connectivity index (χ0n) is 20.5. The number of anilines is 1. The van der Waals surface area contributed by atoms with Crippen LogP contribution in [0.5, 0.6) is 11.5 Å². The summed E-state index contributed by atoms with van der Waals surface area (Å²) in [4.78, 5) is 30.2. The average molecular weight is 485 g/mol. The number of Topliss-reactive ketones (excluding diaryl/α,β-unsaturated/α-hetero) is 1. The number of hydrogen-bond acceptors (Lipinski definition) is 6. The van der Waals surface area contributed by atoms with Crippen LogP contribution in [0.3, 0.4) is 0 Å². The first kappa shape index (κ1) is 23.5. The molecule has 1 saturated heterocycles. The van der Waals surface area contributed by atoms with Gasteiger partial charge in [0, 0.05) is 38.3 Å². The lowest BCUT2D eigenvalue weighted by atomic mass is 9.94. The predicted molar refractivity (Wildman–Crippen MR) is 137 cm³/mol. The zero-order chi connectivity index (χ0) is 25.4. The van der Waals surface area contributed by atoms with Gasteiger partial charge in [0.25, 0.3) is 11.7 Å². The first-order valence-electron chi connectivity index (χ1n) is 11.8. The highest BCUT2D eigenvalue weighted by atomic mass is 16.5. The molecule has 2 aliphatic heterocycles. The lowest BCUT2D eigenvalue weighted by Crippen LogP contribution is -2.29. The second kappa shape index (κ2) is 9.41. The van der Waals surface area contributed by atoms with Gasteiger partial charge in [0.2, 0.25) is 0 Å². The van der Waals surface area contributed by atoms with Crippen LogP contribution in [0, 0.1) is 0 Å². The van der Waals surface area contributed by atoms with Crippen molar-refractivity contribution in [2.24, 2.45) is 0 Å². The third kappa shape index (κ3) is 4.17. The molecular weight excluding hydrogens is 456 g/mol. The first-order valence-corrected chi connectivity index (χ1v) is 11.8. The van der Waals surface area contributed by atoms with E-state index in [0.29, 0.717) is 17.9 Å². The number of hydrogen-bond donors (Lipinski definition) is 1. The maximum absolute atomic E-state index is 13.4. The van der Waals surface area contributed by atoms with Crippen molar-refractivity contribution in [2.75, 3.05) is 32.7 Å². The molecule has 0 spiro atoms. The van der Waals surface area contributed by atoms with E-state index in [4.69, 9.17) is 9.47 Å². The Kier molecular flexibility index (Phi) is 6.14. The fourth-order valence-electron chi connectivity index (χ4n) is 4.76. The standard InChI is InChI=1S/C29H28N2O5/c1-30(2)22-9-6-19(7-10-22)26-25(27(32)21-8-13-24-20(16-21)14-15-36-24)28(33)29(34)31(26)17-18-4-11-23(35-3)12-5-18/h4-13,16,26,32H,14-15,17H2,1-3H3/b27-25-. The largest absolute Gasteiger partial charge is 0.507 e. The molecule has 5 rings (SSSR count). The lowest BCUT2D eigenvalue weighted by molar-refractivity contribution is -0.140. The van der Waals surface area contributed by atoms with Gasteiger partial charge in [-0.3, -0.25) is 9.59 Å². The topological polar surface area (TPSA) is 79.3 Å². The average Bonchev–Trinajstić information content (AvgIpc) is 3.46. The molecule has 0 aromatic heterocycles. The number of methoxy groups -OCH3 is 1. The van der Waals surface area contributed by atoms with Gasteiger partial charge in [-0.25, -0.2) is 0 Å². The highest BCUT2D eigenvalue weighted by molar-refractivity contribution is 6.46. The highest BCUT2D eigenvalue weighted by Gasteiger charge is 2.46.